The lowest BCUT2D eigenvalue weighted by atomic mass is 10.3. The molecule has 1 aromatic rings. The van der Waals surface area contributed by atoms with Crippen molar-refractivity contribution in [3.63, 3.8) is 0 Å². The van der Waals surface area contributed by atoms with Crippen LogP contribution in [0.1, 0.15) is 31.2 Å². The van der Waals surface area contributed by atoms with Gasteiger partial charge in [-0.25, -0.2) is 0 Å². The fraction of sp³-hybridized carbons (Fsp3) is 0.700. The van der Waals surface area contributed by atoms with E-state index >= 15 is 0 Å². The van der Waals surface area contributed by atoms with Crippen molar-refractivity contribution in [3.05, 3.63) is 18.0 Å². The number of rotatable bonds is 6. The fourth-order valence-corrected chi connectivity index (χ4v) is 1.29. The molecule has 0 spiro atoms. The summed E-state index contributed by atoms with van der Waals surface area (Å²) in [6, 6.07) is 0. The van der Waals surface area contributed by atoms with Crippen LogP contribution >= 0.6 is 11.6 Å². The highest BCUT2D eigenvalue weighted by Crippen LogP contribution is 2.17. The minimum atomic E-state index is 0.0376. The molecule has 1 unspecified atom stereocenters. The normalized spacial score (nSPS) is 13.1. The Morgan fingerprint density at radius 1 is 1.64 bits per heavy atom. The van der Waals surface area contributed by atoms with Crippen LogP contribution in [0.4, 0.5) is 0 Å². The molecule has 0 amide bonds. The van der Waals surface area contributed by atoms with Gasteiger partial charge in [-0.15, -0.1) is 11.6 Å². The van der Waals surface area contributed by atoms with Crippen molar-refractivity contribution in [2.45, 2.75) is 32.2 Å². The topological polar surface area (TPSA) is 27.1 Å². The third-order valence-corrected chi connectivity index (χ3v) is 2.24. The highest BCUT2D eigenvalue weighted by atomic mass is 35.5. The summed E-state index contributed by atoms with van der Waals surface area (Å²) in [6.45, 7) is 6.42. The van der Waals surface area contributed by atoms with E-state index < -0.39 is 0 Å². The first kappa shape index (κ1) is 11.5. The largest absolute Gasteiger partial charge is 0.382 e. The monoisotopic (exact) mass is 216 g/mol. The molecule has 0 fully saturated rings. The van der Waals surface area contributed by atoms with Crippen molar-refractivity contribution in [3.8, 4) is 0 Å². The number of hydrogen-bond acceptors (Lipinski definition) is 2. The number of halogens is 1. The summed E-state index contributed by atoms with van der Waals surface area (Å²) in [6.07, 6.45) is 4.80. The number of hydrogen-bond donors (Lipinski definition) is 0. The molecule has 0 aromatic carbocycles. The SMILES string of the molecule is CCOCCCn1cc(C(C)Cl)cn1. The maximum atomic E-state index is 5.92. The van der Waals surface area contributed by atoms with E-state index in [1.165, 1.54) is 0 Å². The number of aryl methyl sites for hydroxylation is 1. The minimum absolute atomic E-state index is 0.0376. The van der Waals surface area contributed by atoms with E-state index in [4.69, 9.17) is 16.3 Å². The summed E-state index contributed by atoms with van der Waals surface area (Å²) in [5.41, 5.74) is 1.07. The van der Waals surface area contributed by atoms with Gasteiger partial charge in [0.1, 0.15) is 0 Å². The number of alkyl halides is 1. The molecule has 4 heteroatoms. The van der Waals surface area contributed by atoms with Gasteiger partial charge in [0.05, 0.1) is 11.6 Å². The van der Waals surface area contributed by atoms with Crippen LogP contribution in [0.15, 0.2) is 12.4 Å². The average molecular weight is 217 g/mol. The quantitative estimate of drug-likeness (QED) is 0.540. The summed E-state index contributed by atoms with van der Waals surface area (Å²) in [7, 11) is 0. The Kier molecular flexibility index (Phi) is 4.98. The predicted molar refractivity (Wildman–Crippen MR) is 57.6 cm³/mol. The molecule has 3 nitrogen and oxygen atoms in total. The van der Waals surface area contributed by atoms with Gasteiger partial charge in [-0.1, -0.05) is 0 Å². The number of aromatic nitrogens is 2. The summed E-state index contributed by atoms with van der Waals surface area (Å²) < 4.78 is 7.15. The Morgan fingerprint density at radius 2 is 2.43 bits per heavy atom. The van der Waals surface area contributed by atoms with Crippen LogP contribution in [-0.4, -0.2) is 23.0 Å². The van der Waals surface area contributed by atoms with Gasteiger partial charge < -0.3 is 4.74 Å². The Morgan fingerprint density at radius 3 is 3.00 bits per heavy atom. The smallest absolute Gasteiger partial charge is 0.0588 e. The van der Waals surface area contributed by atoms with Crippen LogP contribution in [0.5, 0.6) is 0 Å². The average Bonchev–Trinajstić information content (AvgIpc) is 2.61. The third-order valence-electron chi connectivity index (χ3n) is 1.99. The van der Waals surface area contributed by atoms with Crippen molar-refractivity contribution in [2.75, 3.05) is 13.2 Å². The van der Waals surface area contributed by atoms with Crippen molar-refractivity contribution >= 4 is 11.6 Å². The van der Waals surface area contributed by atoms with E-state index in [9.17, 15) is 0 Å². The highest BCUT2D eigenvalue weighted by Gasteiger charge is 2.03. The molecule has 0 radical (unpaired) electrons. The molecule has 80 valence electrons. The van der Waals surface area contributed by atoms with Gasteiger partial charge in [0.2, 0.25) is 0 Å². The molecule has 1 aromatic heterocycles. The standard InChI is InChI=1S/C10H17ClN2O/c1-3-14-6-4-5-13-8-10(7-12-13)9(2)11/h7-9H,3-6H2,1-2H3. The van der Waals surface area contributed by atoms with Crippen LogP contribution in [0.3, 0.4) is 0 Å². The van der Waals surface area contributed by atoms with Crippen LogP contribution in [-0.2, 0) is 11.3 Å². The van der Waals surface area contributed by atoms with Gasteiger partial charge in [0.15, 0.2) is 0 Å². The summed E-state index contributed by atoms with van der Waals surface area (Å²) in [4.78, 5) is 0. The maximum absolute atomic E-state index is 5.92. The Hall–Kier alpha value is -0.540. The number of nitrogens with zero attached hydrogens (tertiary/aromatic N) is 2. The van der Waals surface area contributed by atoms with Crippen LogP contribution < -0.4 is 0 Å². The molecule has 0 saturated heterocycles. The molecule has 0 aliphatic rings. The molecule has 0 bridgehead atoms. The second kappa shape index (κ2) is 6.04. The van der Waals surface area contributed by atoms with E-state index in [1.54, 1.807) is 0 Å². The van der Waals surface area contributed by atoms with Gasteiger partial charge in [-0.05, 0) is 20.3 Å². The van der Waals surface area contributed by atoms with Crippen LogP contribution in [0, 0.1) is 0 Å². The van der Waals surface area contributed by atoms with Crippen molar-refractivity contribution in [1.29, 1.82) is 0 Å². The van der Waals surface area contributed by atoms with Crippen molar-refractivity contribution < 1.29 is 4.74 Å². The second-order valence-electron chi connectivity index (χ2n) is 3.20. The molecule has 0 aliphatic carbocycles. The van der Waals surface area contributed by atoms with Crippen LogP contribution in [0.25, 0.3) is 0 Å². The zero-order valence-corrected chi connectivity index (χ0v) is 9.50. The van der Waals surface area contributed by atoms with E-state index in [2.05, 4.69) is 5.10 Å². The lowest BCUT2D eigenvalue weighted by Crippen LogP contribution is -2.02. The van der Waals surface area contributed by atoms with E-state index in [1.807, 2.05) is 30.9 Å². The lowest BCUT2D eigenvalue weighted by molar-refractivity contribution is 0.141. The first-order valence-electron chi connectivity index (χ1n) is 4.98. The maximum Gasteiger partial charge on any atom is 0.0588 e. The Balaban J connectivity index is 2.29. The van der Waals surface area contributed by atoms with E-state index in [0.29, 0.717) is 0 Å². The summed E-state index contributed by atoms with van der Waals surface area (Å²) >= 11 is 5.92. The fourth-order valence-electron chi connectivity index (χ4n) is 1.18. The molecule has 14 heavy (non-hydrogen) atoms. The van der Waals surface area contributed by atoms with Gasteiger partial charge >= 0.3 is 0 Å². The minimum Gasteiger partial charge on any atom is -0.382 e. The van der Waals surface area contributed by atoms with E-state index in [0.717, 1.165) is 31.7 Å². The van der Waals surface area contributed by atoms with Gasteiger partial charge in [0.25, 0.3) is 0 Å². The summed E-state index contributed by atoms with van der Waals surface area (Å²) in [5, 5.41) is 4.25. The van der Waals surface area contributed by atoms with Crippen molar-refractivity contribution in [2.24, 2.45) is 0 Å². The molecule has 1 atom stereocenters. The first-order chi connectivity index (χ1) is 6.74. The van der Waals surface area contributed by atoms with Gasteiger partial charge in [0, 0.05) is 31.5 Å². The first-order valence-corrected chi connectivity index (χ1v) is 5.42. The molecule has 1 heterocycles. The highest BCUT2D eigenvalue weighted by molar-refractivity contribution is 6.20. The molecule has 0 N–H and O–H groups in total. The van der Waals surface area contributed by atoms with Crippen LogP contribution in [0.2, 0.25) is 0 Å². The van der Waals surface area contributed by atoms with Crippen molar-refractivity contribution in [1.82, 2.24) is 9.78 Å². The second-order valence-corrected chi connectivity index (χ2v) is 3.86. The number of ether oxygens (including phenoxy) is 1. The molecular formula is C10H17ClN2O. The van der Waals surface area contributed by atoms with E-state index in [-0.39, 0.29) is 5.38 Å². The predicted octanol–water partition coefficient (Wildman–Crippen LogP) is 2.61. The Labute approximate surface area is 90.0 Å². The van der Waals surface area contributed by atoms with Gasteiger partial charge in [-0.3, -0.25) is 4.68 Å². The zero-order valence-electron chi connectivity index (χ0n) is 8.74. The summed E-state index contributed by atoms with van der Waals surface area (Å²) in [5.74, 6) is 0. The molecule has 0 aliphatic heterocycles. The third kappa shape index (κ3) is 3.68. The van der Waals surface area contributed by atoms with Gasteiger partial charge in [-0.2, -0.15) is 5.10 Å². The molecule has 1 rings (SSSR count). The molecular weight excluding hydrogens is 200 g/mol. The Bertz CT molecular complexity index is 260. The zero-order chi connectivity index (χ0) is 10.4. The molecule has 0 saturated carbocycles. The lowest BCUT2D eigenvalue weighted by Gasteiger charge is -2.01.